The van der Waals surface area contributed by atoms with Gasteiger partial charge >= 0.3 is 0 Å². The summed E-state index contributed by atoms with van der Waals surface area (Å²) in [5.74, 6) is -0.569. The quantitative estimate of drug-likeness (QED) is 0.170. The molecule has 0 aliphatic carbocycles. The molecule has 40 heavy (non-hydrogen) atoms. The van der Waals surface area contributed by atoms with Crippen LogP contribution in [0.15, 0.2) is 6.20 Å². The van der Waals surface area contributed by atoms with Crippen LogP contribution in [0.3, 0.4) is 0 Å². The van der Waals surface area contributed by atoms with Gasteiger partial charge in [0.05, 0.1) is 78.7 Å². The molecule has 2 rings (SSSR count). The Bertz CT molecular complexity index is 675. The highest BCUT2D eigenvalue weighted by atomic mass is 16.6. The van der Waals surface area contributed by atoms with E-state index in [1.165, 1.54) is 4.90 Å². The second-order valence-electron chi connectivity index (χ2n) is 7.46. The minimum absolute atomic E-state index is 0.153. The Balaban J connectivity index is -0.00000157. The van der Waals surface area contributed by atoms with Gasteiger partial charge in [0.2, 0.25) is 11.8 Å². The van der Waals surface area contributed by atoms with Crippen molar-refractivity contribution in [3.8, 4) is 0 Å². The minimum atomic E-state index is -0.255. The molecule has 2 amide bonds. The van der Waals surface area contributed by atoms with E-state index >= 15 is 0 Å². The van der Waals surface area contributed by atoms with Crippen LogP contribution in [0, 0.1) is 5.92 Å². The van der Waals surface area contributed by atoms with E-state index in [-0.39, 0.29) is 30.7 Å². The topological polar surface area (TPSA) is 114 Å². The zero-order chi connectivity index (χ0) is 31.0. The van der Waals surface area contributed by atoms with Gasteiger partial charge in [-0.05, 0) is 6.42 Å². The molecule has 11 nitrogen and oxygen atoms in total. The van der Waals surface area contributed by atoms with Crippen LogP contribution in [-0.2, 0) is 46.4 Å². The third-order valence-electron chi connectivity index (χ3n) is 4.68. The number of rotatable bonds is 19. The molecule has 1 aliphatic rings. The van der Waals surface area contributed by atoms with Gasteiger partial charge in [-0.1, -0.05) is 74.5 Å². The molecule has 238 valence electrons. The molecule has 1 atom stereocenters. The fraction of sp³-hybridized carbons (Fsp3) is 0.862. The van der Waals surface area contributed by atoms with Crippen LogP contribution in [0.4, 0.5) is 0 Å². The molecule has 1 saturated heterocycles. The van der Waals surface area contributed by atoms with E-state index in [4.69, 9.17) is 23.7 Å². The number of amides is 2. The predicted octanol–water partition coefficient (Wildman–Crippen LogP) is 4.77. The summed E-state index contributed by atoms with van der Waals surface area (Å²) in [5, 5.41) is 8.03. The molecule has 2 heterocycles. The molecule has 11 heteroatoms. The van der Waals surface area contributed by atoms with Crippen LogP contribution >= 0.6 is 0 Å². The van der Waals surface area contributed by atoms with Gasteiger partial charge in [0, 0.05) is 18.9 Å². The number of hydrogen-bond donors (Lipinski definition) is 0. The van der Waals surface area contributed by atoms with E-state index in [1.54, 1.807) is 17.8 Å². The summed E-state index contributed by atoms with van der Waals surface area (Å²) >= 11 is 0. The number of carbonyl (C=O) groups is 2. The highest BCUT2D eigenvalue weighted by Gasteiger charge is 2.35. The lowest BCUT2D eigenvalue weighted by molar-refractivity contribution is -0.140. The summed E-state index contributed by atoms with van der Waals surface area (Å²) in [7, 11) is 0. The SMILES string of the molecule is CC.CC.CC.CC.CCCOCCOCCOCCOCCOCCn1cc(CN2C(=O)CC(C)C2=O)nn1. The summed E-state index contributed by atoms with van der Waals surface area (Å²) in [4.78, 5) is 25.1. The highest BCUT2D eigenvalue weighted by Crippen LogP contribution is 2.20. The number of carbonyl (C=O) groups excluding carboxylic acids is 2. The molecule has 1 aliphatic heterocycles. The van der Waals surface area contributed by atoms with E-state index in [2.05, 4.69) is 17.2 Å². The van der Waals surface area contributed by atoms with Gasteiger partial charge < -0.3 is 23.7 Å². The molecule has 0 spiro atoms. The molecule has 1 aromatic rings. The van der Waals surface area contributed by atoms with Crippen LogP contribution in [0.5, 0.6) is 0 Å². The molecule has 1 unspecified atom stereocenters. The van der Waals surface area contributed by atoms with Gasteiger partial charge in [-0.15, -0.1) is 5.10 Å². The fourth-order valence-electron chi connectivity index (χ4n) is 2.98. The minimum Gasteiger partial charge on any atom is -0.379 e. The average Bonchev–Trinajstić information content (AvgIpc) is 3.55. The molecular formula is C29H60N4O7. The van der Waals surface area contributed by atoms with E-state index in [0.717, 1.165) is 13.0 Å². The van der Waals surface area contributed by atoms with Gasteiger partial charge in [-0.25, -0.2) is 4.68 Å². The van der Waals surface area contributed by atoms with Crippen molar-refractivity contribution < 1.29 is 33.3 Å². The maximum absolute atomic E-state index is 12.0. The Morgan fingerprint density at radius 2 is 1.15 bits per heavy atom. The first kappa shape index (κ1) is 42.5. The lowest BCUT2D eigenvalue weighted by atomic mass is 10.1. The maximum atomic E-state index is 12.0. The van der Waals surface area contributed by atoms with Gasteiger partial charge in [-0.2, -0.15) is 0 Å². The van der Waals surface area contributed by atoms with Crippen LogP contribution in [-0.4, -0.2) is 97.8 Å². The van der Waals surface area contributed by atoms with E-state index < -0.39 is 0 Å². The Morgan fingerprint density at radius 3 is 1.55 bits per heavy atom. The molecule has 0 radical (unpaired) electrons. The summed E-state index contributed by atoms with van der Waals surface area (Å²) in [5.41, 5.74) is 0.583. The lowest BCUT2D eigenvalue weighted by Gasteiger charge is -2.11. The van der Waals surface area contributed by atoms with E-state index in [0.29, 0.717) is 71.7 Å². The van der Waals surface area contributed by atoms with Crippen molar-refractivity contribution in [2.24, 2.45) is 5.92 Å². The van der Waals surface area contributed by atoms with Crippen LogP contribution in [0.2, 0.25) is 0 Å². The third kappa shape index (κ3) is 21.8. The van der Waals surface area contributed by atoms with Gasteiger partial charge in [0.1, 0.15) is 5.69 Å². The number of likely N-dealkylation sites (tertiary alicyclic amines) is 1. The van der Waals surface area contributed by atoms with Gasteiger partial charge in [0.25, 0.3) is 0 Å². The van der Waals surface area contributed by atoms with E-state index in [1.807, 2.05) is 55.4 Å². The first-order chi connectivity index (χ1) is 19.6. The highest BCUT2D eigenvalue weighted by molar-refractivity contribution is 6.03. The Hall–Kier alpha value is -1.92. The summed E-state index contributed by atoms with van der Waals surface area (Å²) in [6.07, 6.45) is 3.00. The first-order valence-electron chi connectivity index (χ1n) is 15.2. The first-order valence-corrected chi connectivity index (χ1v) is 15.2. The van der Waals surface area contributed by atoms with Crippen molar-refractivity contribution in [2.75, 3.05) is 66.1 Å². The van der Waals surface area contributed by atoms with Crippen molar-refractivity contribution in [1.29, 1.82) is 0 Å². The number of aromatic nitrogens is 3. The fourth-order valence-corrected chi connectivity index (χ4v) is 2.98. The molecule has 1 fully saturated rings. The number of imide groups is 1. The van der Waals surface area contributed by atoms with Gasteiger partial charge in [0.15, 0.2) is 0 Å². The Morgan fingerprint density at radius 1 is 0.725 bits per heavy atom. The summed E-state index contributed by atoms with van der Waals surface area (Å²) in [6, 6.07) is 0. The van der Waals surface area contributed by atoms with Crippen LogP contribution in [0.25, 0.3) is 0 Å². The third-order valence-corrected chi connectivity index (χ3v) is 4.68. The zero-order valence-corrected chi connectivity index (χ0v) is 27.2. The molecular weight excluding hydrogens is 516 g/mol. The number of hydrogen-bond acceptors (Lipinski definition) is 9. The molecule has 0 bridgehead atoms. The second-order valence-corrected chi connectivity index (χ2v) is 7.46. The van der Waals surface area contributed by atoms with Crippen molar-refractivity contribution in [3.63, 3.8) is 0 Å². The summed E-state index contributed by atoms with van der Waals surface area (Å²) < 4.78 is 28.7. The zero-order valence-electron chi connectivity index (χ0n) is 27.2. The molecule has 0 aromatic carbocycles. The monoisotopic (exact) mass is 576 g/mol. The Kier molecular flexibility index (Phi) is 35.4. The molecule has 0 saturated carbocycles. The van der Waals surface area contributed by atoms with E-state index in [9.17, 15) is 9.59 Å². The van der Waals surface area contributed by atoms with Crippen molar-refractivity contribution in [2.45, 2.75) is 95.2 Å². The number of nitrogens with zero attached hydrogens (tertiary/aromatic N) is 4. The standard InChI is InChI=1S/C21H36N4O7.4C2H6/c1-3-5-28-7-9-30-11-13-32-14-12-31-10-8-29-6-4-24-16-19(22-23-24)17-25-20(26)15-18(2)21(25)27;4*1-2/h16,18H,3-15,17H2,1-2H3;4*1-2H3. The number of ether oxygens (including phenoxy) is 5. The largest absolute Gasteiger partial charge is 0.379 e. The Labute approximate surface area is 244 Å². The lowest BCUT2D eigenvalue weighted by Crippen LogP contribution is -2.29. The smallest absolute Gasteiger partial charge is 0.232 e. The van der Waals surface area contributed by atoms with Crippen LogP contribution in [0.1, 0.15) is 87.8 Å². The molecule has 0 N–H and O–H groups in total. The maximum Gasteiger partial charge on any atom is 0.232 e. The normalized spacial score (nSPS) is 13.8. The average molecular weight is 577 g/mol. The second kappa shape index (κ2) is 33.3. The van der Waals surface area contributed by atoms with Crippen molar-refractivity contribution in [1.82, 2.24) is 19.9 Å². The van der Waals surface area contributed by atoms with Crippen molar-refractivity contribution in [3.05, 3.63) is 11.9 Å². The molecule has 1 aromatic heterocycles. The van der Waals surface area contributed by atoms with Crippen molar-refractivity contribution >= 4 is 11.8 Å². The van der Waals surface area contributed by atoms with Gasteiger partial charge in [-0.3, -0.25) is 14.5 Å². The summed E-state index contributed by atoms with van der Waals surface area (Å²) in [6.45, 7) is 26.0. The van der Waals surface area contributed by atoms with Crippen LogP contribution < -0.4 is 0 Å². The predicted molar refractivity (Wildman–Crippen MR) is 159 cm³/mol.